The maximum atomic E-state index is 6.52. The lowest BCUT2D eigenvalue weighted by molar-refractivity contribution is 0.0549. The molecule has 2 aromatic carbocycles. The molecule has 1 saturated heterocycles. The van der Waals surface area contributed by atoms with Crippen molar-refractivity contribution in [1.82, 2.24) is 0 Å². The van der Waals surface area contributed by atoms with Gasteiger partial charge in [-0.25, -0.2) is 0 Å². The summed E-state index contributed by atoms with van der Waals surface area (Å²) in [4.78, 5) is 4.55. The van der Waals surface area contributed by atoms with Crippen molar-refractivity contribution in [1.29, 1.82) is 0 Å². The molecule has 0 saturated carbocycles. The van der Waals surface area contributed by atoms with Gasteiger partial charge in [-0.1, -0.05) is 60.6 Å². The Morgan fingerprint density at radius 1 is 1.03 bits per heavy atom. The Morgan fingerprint density at radius 3 is 2.50 bits per heavy atom. The van der Waals surface area contributed by atoms with E-state index in [0.29, 0.717) is 34.0 Å². The second-order valence-electron chi connectivity index (χ2n) is 7.60. The van der Waals surface area contributed by atoms with Crippen LogP contribution in [-0.4, -0.2) is 26.4 Å². The molecule has 164 valence electrons. The molecule has 2 aromatic rings. The molecule has 2 N–H and O–H groups in total. The van der Waals surface area contributed by atoms with Crippen LogP contribution in [0.4, 0.5) is 17.1 Å². The summed E-state index contributed by atoms with van der Waals surface area (Å²) in [5.74, 6) is 0. The molecule has 0 spiro atoms. The highest BCUT2D eigenvalue weighted by Gasteiger charge is 2.27. The standard InChI is InChI=1S/C23H30Cl3N3O/c1-3-5-7-21(30-4-2)17-9-10-18(25)22(27)23(17)29-13-6-12-28(15-29)20-11-8-16(24)14-19(20)26/h8-11,14,21H,3-7,12-13,15,27H2,1-2H3. The third-order valence-corrected chi connectivity index (χ3v) is 6.36. The predicted octanol–water partition coefficient (Wildman–Crippen LogP) is 7.17. The topological polar surface area (TPSA) is 41.7 Å². The van der Waals surface area contributed by atoms with Gasteiger partial charge in [0, 0.05) is 30.3 Å². The molecule has 1 aliphatic heterocycles. The first kappa shape index (κ1) is 23.3. The zero-order valence-electron chi connectivity index (χ0n) is 17.6. The molecule has 0 bridgehead atoms. The fourth-order valence-corrected chi connectivity index (χ4v) is 4.73. The molecule has 0 aromatic heterocycles. The largest absolute Gasteiger partial charge is 0.396 e. The summed E-state index contributed by atoms with van der Waals surface area (Å²) >= 11 is 19.0. The number of rotatable bonds is 8. The van der Waals surface area contributed by atoms with Gasteiger partial charge in [0.2, 0.25) is 0 Å². The van der Waals surface area contributed by atoms with Gasteiger partial charge in [-0.15, -0.1) is 0 Å². The number of halogens is 3. The molecule has 0 aliphatic carbocycles. The third-order valence-electron chi connectivity index (χ3n) is 5.49. The highest BCUT2D eigenvalue weighted by atomic mass is 35.5. The van der Waals surface area contributed by atoms with Crippen LogP contribution in [0.3, 0.4) is 0 Å². The smallest absolute Gasteiger partial charge is 0.0904 e. The molecule has 4 nitrogen and oxygen atoms in total. The minimum atomic E-state index is -0.000914. The van der Waals surface area contributed by atoms with E-state index >= 15 is 0 Å². The number of benzene rings is 2. The maximum Gasteiger partial charge on any atom is 0.0904 e. The van der Waals surface area contributed by atoms with Gasteiger partial charge >= 0.3 is 0 Å². The van der Waals surface area contributed by atoms with Gasteiger partial charge in [0.1, 0.15) is 0 Å². The van der Waals surface area contributed by atoms with Gasteiger partial charge in [-0.3, -0.25) is 0 Å². The van der Waals surface area contributed by atoms with Crippen LogP contribution in [0.25, 0.3) is 0 Å². The summed E-state index contributed by atoms with van der Waals surface area (Å²) in [6.45, 7) is 7.36. The van der Waals surface area contributed by atoms with Crippen molar-refractivity contribution in [3.05, 3.63) is 51.0 Å². The zero-order chi connectivity index (χ0) is 21.7. The minimum absolute atomic E-state index is 0.000914. The van der Waals surface area contributed by atoms with E-state index in [1.165, 1.54) is 0 Å². The number of nitrogen functional groups attached to an aromatic ring is 1. The molecule has 1 unspecified atom stereocenters. The van der Waals surface area contributed by atoms with Gasteiger partial charge in [0.15, 0.2) is 0 Å². The number of hydrogen-bond acceptors (Lipinski definition) is 4. The monoisotopic (exact) mass is 469 g/mol. The summed E-state index contributed by atoms with van der Waals surface area (Å²) in [7, 11) is 0. The summed E-state index contributed by atoms with van der Waals surface area (Å²) in [5.41, 5.74) is 10.2. The first-order chi connectivity index (χ1) is 14.5. The minimum Gasteiger partial charge on any atom is -0.396 e. The molecule has 1 fully saturated rings. The lowest BCUT2D eigenvalue weighted by Crippen LogP contribution is -2.46. The Bertz CT molecular complexity index is 862. The van der Waals surface area contributed by atoms with Crippen molar-refractivity contribution in [2.45, 2.75) is 45.6 Å². The molecule has 7 heteroatoms. The summed E-state index contributed by atoms with van der Waals surface area (Å²) in [5, 5.41) is 1.86. The Labute approximate surface area is 194 Å². The van der Waals surface area contributed by atoms with E-state index in [4.69, 9.17) is 45.3 Å². The van der Waals surface area contributed by atoms with Crippen LogP contribution >= 0.6 is 34.8 Å². The van der Waals surface area contributed by atoms with Crippen molar-refractivity contribution in [2.75, 3.05) is 41.9 Å². The second kappa shape index (κ2) is 10.8. The number of anilines is 3. The summed E-state index contributed by atoms with van der Waals surface area (Å²) in [6.07, 6.45) is 4.16. The van der Waals surface area contributed by atoms with Crippen molar-refractivity contribution < 1.29 is 4.74 Å². The average molecular weight is 471 g/mol. The van der Waals surface area contributed by atoms with Crippen LogP contribution in [0.1, 0.15) is 51.2 Å². The molecule has 1 atom stereocenters. The molecule has 30 heavy (non-hydrogen) atoms. The lowest BCUT2D eigenvalue weighted by Gasteiger charge is -2.40. The van der Waals surface area contributed by atoms with E-state index in [1.807, 2.05) is 25.1 Å². The predicted molar refractivity (Wildman–Crippen MR) is 130 cm³/mol. The van der Waals surface area contributed by atoms with Crippen LogP contribution in [0.5, 0.6) is 0 Å². The van der Waals surface area contributed by atoms with E-state index < -0.39 is 0 Å². The second-order valence-corrected chi connectivity index (χ2v) is 8.85. The maximum absolute atomic E-state index is 6.52. The number of ether oxygens (including phenoxy) is 1. The first-order valence-corrected chi connectivity index (χ1v) is 11.7. The van der Waals surface area contributed by atoms with Gasteiger partial charge < -0.3 is 20.3 Å². The van der Waals surface area contributed by atoms with Crippen LogP contribution in [0, 0.1) is 0 Å². The third kappa shape index (κ3) is 5.28. The van der Waals surface area contributed by atoms with Crippen molar-refractivity contribution in [2.24, 2.45) is 0 Å². The van der Waals surface area contributed by atoms with Crippen LogP contribution in [0.2, 0.25) is 15.1 Å². The SMILES string of the molecule is CCCCC(OCC)c1ccc(Cl)c(N)c1N1CCCN(c2ccc(Cl)cc2Cl)C1. The fraction of sp³-hybridized carbons (Fsp3) is 0.478. The molecule has 3 rings (SSSR count). The van der Waals surface area contributed by atoms with Crippen molar-refractivity contribution in [3.63, 3.8) is 0 Å². The molecule has 1 aliphatic rings. The highest BCUT2D eigenvalue weighted by Crippen LogP contribution is 2.41. The molecule has 0 radical (unpaired) electrons. The number of nitrogens with two attached hydrogens (primary N) is 1. The van der Waals surface area contributed by atoms with Gasteiger partial charge in [-0.2, -0.15) is 0 Å². The highest BCUT2D eigenvalue weighted by molar-refractivity contribution is 6.36. The molecule has 1 heterocycles. The Morgan fingerprint density at radius 2 is 1.80 bits per heavy atom. The van der Waals surface area contributed by atoms with Gasteiger partial charge in [0.25, 0.3) is 0 Å². The zero-order valence-corrected chi connectivity index (χ0v) is 19.9. The van der Waals surface area contributed by atoms with E-state index in [1.54, 1.807) is 6.07 Å². The Kier molecular flexibility index (Phi) is 8.41. The van der Waals surface area contributed by atoms with E-state index in [9.17, 15) is 0 Å². The Balaban J connectivity index is 1.96. The lowest BCUT2D eigenvalue weighted by atomic mass is 9.99. The quantitative estimate of drug-likeness (QED) is 0.415. The first-order valence-electron chi connectivity index (χ1n) is 10.6. The van der Waals surface area contributed by atoms with Crippen molar-refractivity contribution in [3.8, 4) is 0 Å². The summed E-state index contributed by atoms with van der Waals surface area (Å²) < 4.78 is 6.13. The molecule has 0 amide bonds. The number of nitrogens with zero attached hydrogens (tertiary/aromatic N) is 2. The van der Waals surface area contributed by atoms with Crippen LogP contribution < -0.4 is 15.5 Å². The normalized spacial score (nSPS) is 15.5. The van der Waals surface area contributed by atoms with E-state index in [2.05, 4.69) is 22.8 Å². The van der Waals surface area contributed by atoms with Crippen LogP contribution in [0.15, 0.2) is 30.3 Å². The van der Waals surface area contributed by atoms with Gasteiger partial charge in [0.05, 0.1) is 39.9 Å². The summed E-state index contributed by atoms with van der Waals surface area (Å²) in [6, 6.07) is 9.58. The van der Waals surface area contributed by atoms with E-state index in [0.717, 1.165) is 55.7 Å². The van der Waals surface area contributed by atoms with E-state index in [-0.39, 0.29) is 6.10 Å². The number of unbranched alkanes of at least 4 members (excludes halogenated alkanes) is 1. The molecular formula is C23H30Cl3N3O. The van der Waals surface area contributed by atoms with Crippen molar-refractivity contribution >= 4 is 51.9 Å². The average Bonchev–Trinajstić information content (AvgIpc) is 2.73. The van der Waals surface area contributed by atoms with Crippen LogP contribution in [-0.2, 0) is 4.74 Å². The fourth-order valence-electron chi connectivity index (χ4n) is 4.05. The van der Waals surface area contributed by atoms with Gasteiger partial charge in [-0.05, 0) is 44.0 Å². The number of hydrogen-bond donors (Lipinski definition) is 1. The Hall–Kier alpha value is -1.33. The molecular weight excluding hydrogens is 441 g/mol.